The molecule has 2 amide bonds. The number of carbonyl (C=O) groups is 2. The van der Waals surface area contributed by atoms with Gasteiger partial charge in [-0.2, -0.15) is 0 Å². The number of hydrogen-bond donors (Lipinski definition) is 2. The average Bonchev–Trinajstić information content (AvgIpc) is 2.44. The molecule has 20 heavy (non-hydrogen) atoms. The minimum atomic E-state index is 0.0474. The van der Waals surface area contributed by atoms with Gasteiger partial charge in [0.1, 0.15) is 0 Å². The summed E-state index contributed by atoms with van der Waals surface area (Å²) in [6.45, 7) is 2.70. The molecule has 0 saturated heterocycles. The number of para-hydroxylation sites is 1. The normalized spacial score (nSPS) is 10.1. The summed E-state index contributed by atoms with van der Waals surface area (Å²) < 4.78 is 0. The molecule has 0 aliphatic rings. The minimum absolute atomic E-state index is 0.0474. The fraction of sp³-hybridized carbons (Fsp3) is 0.500. The van der Waals surface area contributed by atoms with Gasteiger partial charge in [-0.1, -0.05) is 31.5 Å². The Labute approximate surface area is 121 Å². The van der Waals surface area contributed by atoms with E-state index < -0.39 is 0 Å². The number of hydrogen-bond acceptors (Lipinski definition) is 2. The van der Waals surface area contributed by atoms with Gasteiger partial charge in [0.05, 0.1) is 0 Å². The highest BCUT2D eigenvalue weighted by Gasteiger charge is 2.02. The molecule has 4 heteroatoms. The standard InChI is InChI=1S/C16H24N2O2/c1-2-9-15(19)17-13-8-4-7-12-16(20)18-14-10-5-3-6-11-14/h3,5-6,10-11H,2,4,7-9,12-13H2,1H3,(H,17,19)(H,18,20). The van der Waals surface area contributed by atoms with Gasteiger partial charge in [-0.25, -0.2) is 0 Å². The van der Waals surface area contributed by atoms with Crippen LogP contribution in [0.2, 0.25) is 0 Å². The molecule has 0 aliphatic heterocycles. The van der Waals surface area contributed by atoms with Gasteiger partial charge in [0.25, 0.3) is 0 Å². The fourth-order valence-electron chi connectivity index (χ4n) is 1.88. The highest BCUT2D eigenvalue weighted by molar-refractivity contribution is 5.90. The van der Waals surface area contributed by atoms with Crippen molar-refractivity contribution in [1.29, 1.82) is 0 Å². The van der Waals surface area contributed by atoms with Gasteiger partial charge >= 0.3 is 0 Å². The zero-order valence-electron chi connectivity index (χ0n) is 12.2. The lowest BCUT2D eigenvalue weighted by atomic mass is 10.2. The molecule has 1 aromatic carbocycles. The van der Waals surface area contributed by atoms with Crippen LogP contribution in [-0.4, -0.2) is 18.4 Å². The van der Waals surface area contributed by atoms with Crippen molar-refractivity contribution in [2.24, 2.45) is 0 Å². The lowest BCUT2D eigenvalue weighted by Gasteiger charge is -2.06. The lowest BCUT2D eigenvalue weighted by Crippen LogP contribution is -2.23. The van der Waals surface area contributed by atoms with Crippen molar-refractivity contribution < 1.29 is 9.59 Å². The molecule has 0 unspecified atom stereocenters. The van der Waals surface area contributed by atoms with E-state index in [-0.39, 0.29) is 11.8 Å². The molecule has 0 heterocycles. The number of anilines is 1. The highest BCUT2D eigenvalue weighted by Crippen LogP contribution is 2.07. The molecular weight excluding hydrogens is 252 g/mol. The van der Waals surface area contributed by atoms with E-state index in [1.807, 2.05) is 37.3 Å². The third-order valence-corrected chi connectivity index (χ3v) is 2.94. The van der Waals surface area contributed by atoms with E-state index >= 15 is 0 Å². The number of amides is 2. The monoisotopic (exact) mass is 276 g/mol. The number of benzene rings is 1. The SMILES string of the molecule is CCCC(=O)NCCCCCC(=O)Nc1ccccc1. The van der Waals surface area contributed by atoms with E-state index in [4.69, 9.17) is 0 Å². The van der Waals surface area contributed by atoms with Crippen LogP contribution in [0.25, 0.3) is 0 Å². The molecule has 1 rings (SSSR count). The molecule has 0 radical (unpaired) electrons. The molecule has 0 bridgehead atoms. The van der Waals surface area contributed by atoms with Crippen LogP contribution in [0.4, 0.5) is 5.69 Å². The molecule has 2 N–H and O–H groups in total. The van der Waals surface area contributed by atoms with Crippen LogP contribution < -0.4 is 10.6 Å². The summed E-state index contributed by atoms with van der Waals surface area (Å²) in [7, 11) is 0. The number of carbonyl (C=O) groups excluding carboxylic acids is 2. The second kappa shape index (κ2) is 10.0. The van der Waals surface area contributed by atoms with Crippen LogP contribution in [0, 0.1) is 0 Å². The number of rotatable bonds is 9. The Bertz CT molecular complexity index is 404. The molecule has 0 aromatic heterocycles. The number of unbranched alkanes of at least 4 members (excludes halogenated alkanes) is 2. The van der Waals surface area contributed by atoms with Crippen LogP contribution in [0.3, 0.4) is 0 Å². The fourth-order valence-corrected chi connectivity index (χ4v) is 1.88. The highest BCUT2D eigenvalue weighted by atomic mass is 16.2. The van der Waals surface area contributed by atoms with Crippen LogP contribution in [0.15, 0.2) is 30.3 Å². The van der Waals surface area contributed by atoms with Crippen molar-refractivity contribution in [2.45, 2.75) is 45.4 Å². The van der Waals surface area contributed by atoms with Crippen LogP contribution in [-0.2, 0) is 9.59 Å². The van der Waals surface area contributed by atoms with Crippen LogP contribution in [0.1, 0.15) is 45.4 Å². The van der Waals surface area contributed by atoms with Crippen LogP contribution in [0.5, 0.6) is 0 Å². The largest absolute Gasteiger partial charge is 0.356 e. The predicted molar refractivity (Wildman–Crippen MR) is 81.5 cm³/mol. The van der Waals surface area contributed by atoms with Crippen molar-refractivity contribution in [3.05, 3.63) is 30.3 Å². The maximum atomic E-state index is 11.7. The quantitative estimate of drug-likeness (QED) is 0.681. The van der Waals surface area contributed by atoms with Crippen molar-refractivity contribution >= 4 is 17.5 Å². The zero-order chi connectivity index (χ0) is 14.6. The van der Waals surface area contributed by atoms with E-state index in [1.165, 1.54) is 0 Å². The molecule has 0 aliphatic carbocycles. The van der Waals surface area contributed by atoms with Crippen molar-refractivity contribution in [1.82, 2.24) is 5.32 Å². The topological polar surface area (TPSA) is 58.2 Å². The van der Waals surface area contributed by atoms with Gasteiger partial charge in [0.15, 0.2) is 0 Å². The Kier molecular flexibility index (Phi) is 8.11. The molecule has 0 saturated carbocycles. The summed E-state index contributed by atoms with van der Waals surface area (Å²) in [6.07, 6.45) is 4.73. The molecule has 0 fully saturated rings. The Balaban J connectivity index is 2.01. The van der Waals surface area contributed by atoms with Crippen molar-refractivity contribution in [3.8, 4) is 0 Å². The molecule has 0 spiro atoms. The maximum Gasteiger partial charge on any atom is 0.224 e. The van der Waals surface area contributed by atoms with Gasteiger partial charge in [0, 0.05) is 25.1 Å². The smallest absolute Gasteiger partial charge is 0.224 e. The van der Waals surface area contributed by atoms with Gasteiger partial charge in [-0.05, 0) is 31.4 Å². The Hall–Kier alpha value is -1.84. The van der Waals surface area contributed by atoms with Crippen molar-refractivity contribution in [3.63, 3.8) is 0 Å². The molecule has 1 aromatic rings. The molecule has 110 valence electrons. The molecule has 0 atom stereocenters. The minimum Gasteiger partial charge on any atom is -0.356 e. The lowest BCUT2D eigenvalue weighted by molar-refractivity contribution is -0.121. The first-order chi connectivity index (χ1) is 9.72. The first-order valence-electron chi connectivity index (χ1n) is 7.34. The van der Waals surface area contributed by atoms with E-state index in [1.54, 1.807) is 0 Å². The maximum absolute atomic E-state index is 11.7. The third kappa shape index (κ3) is 7.56. The van der Waals surface area contributed by atoms with Gasteiger partial charge in [-0.3, -0.25) is 9.59 Å². The van der Waals surface area contributed by atoms with Gasteiger partial charge in [-0.15, -0.1) is 0 Å². The van der Waals surface area contributed by atoms with Gasteiger partial charge < -0.3 is 10.6 Å². The number of nitrogens with one attached hydrogen (secondary N) is 2. The van der Waals surface area contributed by atoms with E-state index in [2.05, 4.69) is 10.6 Å². The molecular formula is C16H24N2O2. The predicted octanol–water partition coefficient (Wildman–Crippen LogP) is 3.10. The summed E-state index contributed by atoms with van der Waals surface area (Å²) in [4.78, 5) is 22.9. The zero-order valence-corrected chi connectivity index (χ0v) is 12.2. The summed E-state index contributed by atoms with van der Waals surface area (Å²) in [5.41, 5.74) is 0.837. The van der Waals surface area contributed by atoms with Crippen LogP contribution >= 0.6 is 0 Å². The summed E-state index contributed by atoms with van der Waals surface area (Å²) in [5, 5.41) is 5.73. The van der Waals surface area contributed by atoms with Crippen molar-refractivity contribution in [2.75, 3.05) is 11.9 Å². The summed E-state index contributed by atoms with van der Waals surface area (Å²) in [6, 6.07) is 9.47. The van der Waals surface area contributed by atoms with E-state index in [0.717, 1.165) is 31.4 Å². The first-order valence-corrected chi connectivity index (χ1v) is 7.34. The summed E-state index contributed by atoms with van der Waals surface area (Å²) >= 11 is 0. The first kappa shape index (κ1) is 16.2. The van der Waals surface area contributed by atoms with E-state index in [9.17, 15) is 9.59 Å². The molecule has 4 nitrogen and oxygen atoms in total. The second-order valence-electron chi connectivity index (χ2n) is 4.82. The Morgan fingerprint density at radius 3 is 2.40 bits per heavy atom. The van der Waals surface area contributed by atoms with E-state index in [0.29, 0.717) is 19.4 Å². The third-order valence-electron chi connectivity index (χ3n) is 2.94. The Morgan fingerprint density at radius 2 is 1.70 bits per heavy atom. The van der Waals surface area contributed by atoms with Gasteiger partial charge in [0.2, 0.25) is 11.8 Å². The Morgan fingerprint density at radius 1 is 0.950 bits per heavy atom. The summed E-state index contributed by atoms with van der Waals surface area (Å²) in [5.74, 6) is 0.167. The average molecular weight is 276 g/mol. The second-order valence-corrected chi connectivity index (χ2v) is 4.82.